The van der Waals surface area contributed by atoms with Gasteiger partial charge in [-0.15, -0.1) is 11.3 Å². The van der Waals surface area contributed by atoms with Gasteiger partial charge in [0.1, 0.15) is 0 Å². The second kappa shape index (κ2) is 6.11. The van der Waals surface area contributed by atoms with Gasteiger partial charge in [0.15, 0.2) is 0 Å². The van der Waals surface area contributed by atoms with Crippen LogP contribution in [0.15, 0.2) is 12.1 Å². The molecule has 1 saturated heterocycles. The molecule has 2 N–H and O–H groups in total. The highest BCUT2D eigenvalue weighted by atomic mass is 35.5. The van der Waals surface area contributed by atoms with Crippen molar-refractivity contribution in [3.8, 4) is 0 Å². The van der Waals surface area contributed by atoms with E-state index in [1.807, 2.05) is 6.07 Å². The van der Waals surface area contributed by atoms with E-state index in [0.717, 1.165) is 43.6 Å². The molecule has 0 aliphatic carbocycles. The van der Waals surface area contributed by atoms with Crippen LogP contribution >= 0.6 is 35.2 Å². The van der Waals surface area contributed by atoms with Crippen LogP contribution < -0.4 is 5.73 Å². The summed E-state index contributed by atoms with van der Waals surface area (Å²) in [7, 11) is 0. The average Bonchev–Trinajstić information content (AvgIpc) is 2.66. The molecule has 0 unspecified atom stereocenters. The Kier molecular flexibility index (Phi) is 4.76. The lowest BCUT2D eigenvalue weighted by atomic mass is 10.3. The van der Waals surface area contributed by atoms with Crippen LogP contribution in [0.3, 0.4) is 0 Å². The third-order valence-corrected chi connectivity index (χ3v) is 4.20. The summed E-state index contributed by atoms with van der Waals surface area (Å²) in [5, 5.41) is 0. The summed E-state index contributed by atoms with van der Waals surface area (Å²) >= 11 is 12.5. The predicted octanol–water partition coefficient (Wildman–Crippen LogP) is 1.81. The molecule has 1 aliphatic rings. The van der Waals surface area contributed by atoms with Gasteiger partial charge in [-0.05, 0) is 12.1 Å². The molecule has 0 atom stereocenters. The van der Waals surface area contributed by atoms with Gasteiger partial charge in [0.05, 0.1) is 9.32 Å². The second-order valence-corrected chi connectivity index (χ2v) is 6.55. The molecule has 1 fully saturated rings. The first-order valence-corrected chi connectivity index (χ1v) is 7.21. The first kappa shape index (κ1) is 13.2. The van der Waals surface area contributed by atoms with Gasteiger partial charge < -0.3 is 5.73 Å². The van der Waals surface area contributed by atoms with E-state index < -0.39 is 0 Å². The third kappa shape index (κ3) is 4.19. The number of halogens is 1. The number of rotatable bonds is 4. The van der Waals surface area contributed by atoms with Gasteiger partial charge in [0, 0.05) is 44.1 Å². The van der Waals surface area contributed by atoms with Crippen molar-refractivity contribution in [3.63, 3.8) is 0 Å². The maximum absolute atomic E-state index is 5.92. The Labute approximate surface area is 116 Å². The normalized spacial score (nSPS) is 18.4. The minimum Gasteiger partial charge on any atom is -0.392 e. The lowest BCUT2D eigenvalue weighted by Crippen LogP contribution is -2.48. The van der Waals surface area contributed by atoms with Crippen LogP contribution in [0.5, 0.6) is 0 Å². The molecule has 0 aromatic carbocycles. The molecule has 1 aliphatic heterocycles. The maximum atomic E-state index is 5.92. The van der Waals surface area contributed by atoms with E-state index in [9.17, 15) is 0 Å². The van der Waals surface area contributed by atoms with Crippen LogP contribution in [0.2, 0.25) is 4.34 Å². The molecule has 0 bridgehead atoms. The fraction of sp³-hybridized carbons (Fsp3) is 0.545. The maximum Gasteiger partial charge on any atom is 0.0931 e. The molecule has 0 radical (unpaired) electrons. The Balaban J connectivity index is 1.77. The highest BCUT2D eigenvalue weighted by Gasteiger charge is 2.17. The topological polar surface area (TPSA) is 32.5 Å². The minimum absolute atomic E-state index is 0.587. The Bertz CT molecular complexity index is 386. The summed E-state index contributed by atoms with van der Waals surface area (Å²) in [4.78, 5) is 6.67. The molecule has 1 aromatic rings. The minimum atomic E-state index is 0.587. The highest BCUT2D eigenvalue weighted by molar-refractivity contribution is 7.80. The van der Waals surface area contributed by atoms with Gasteiger partial charge in [-0.25, -0.2) is 0 Å². The fourth-order valence-electron chi connectivity index (χ4n) is 1.98. The molecule has 2 rings (SSSR count). The van der Waals surface area contributed by atoms with E-state index in [-0.39, 0.29) is 0 Å². The Hall–Kier alpha value is -0.200. The molecule has 17 heavy (non-hydrogen) atoms. The van der Waals surface area contributed by atoms with E-state index >= 15 is 0 Å². The monoisotopic (exact) mass is 289 g/mol. The van der Waals surface area contributed by atoms with Crippen molar-refractivity contribution in [3.05, 3.63) is 21.3 Å². The number of nitrogens with two attached hydrogens (primary N) is 1. The number of piperazine rings is 1. The van der Waals surface area contributed by atoms with Crippen LogP contribution in [0.25, 0.3) is 0 Å². The molecule has 2 heterocycles. The quantitative estimate of drug-likeness (QED) is 0.857. The summed E-state index contributed by atoms with van der Waals surface area (Å²) in [5.74, 6) is 0. The van der Waals surface area contributed by atoms with Gasteiger partial charge in [0.2, 0.25) is 0 Å². The number of hydrogen-bond donors (Lipinski definition) is 1. The smallest absolute Gasteiger partial charge is 0.0931 e. The standard InChI is InChI=1S/C11H16ClN3S2/c12-10-2-1-9(17-10)7-14-3-5-15(6-4-14)8-11(13)16/h1-2H,3-8H2,(H2,13,16). The van der Waals surface area contributed by atoms with E-state index in [2.05, 4.69) is 15.9 Å². The number of hydrogen-bond acceptors (Lipinski definition) is 4. The zero-order valence-electron chi connectivity index (χ0n) is 9.56. The summed E-state index contributed by atoms with van der Waals surface area (Å²) in [6.45, 7) is 5.95. The molecule has 0 saturated carbocycles. The molecule has 1 aromatic heterocycles. The van der Waals surface area contributed by atoms with E-state index in [1.165, 1.54) is 4.88 Å². The third-order valence-electron chi connectivity index (χ3n) is 2.85. The van der Waals surface area contributed by atoms with Crippen molar-refractivity contribution < 1.29 is 0 Å². The van der Waals surface area contributed by atoms with E-state index in [0.29, 0.717) is 4.99 Å². The molecule has 94 valence electrons. The van der Waals surface area contributed by atoms with Crippen LogP contribution in [-0.2, 0) is 6.54 Å². The molecule has 0 amide bonds. The van der Waals surface area contributed by atoms with Gasteiger partial charge in [-0.3, -0.25) is 9.80 Å². The summed E-state index contributed by atoms with van der Waals surface area (Å²) < 4.78 is 0.868. The van der Waals surface area contributed by atoms with Gasteiger partial charge in [-0.1, -0.05) is 23.8 Å². The highest BCUT2D eigenvalue weighted by Crippen LogP contribution is 2.23. The summed E-state index contributed by atoms with van der Waals surface area (Å²) in [6, 6.07) is 4.07. The van der Waals surface area contributed by atoms with Crippen LogP contribution in [0.4, 0.5) is 0 Å². The van der Waals surface area contributed by atoms with Crippen molar-refractivity contribution in [1.29, 1.82) is 0 Å². The average molecular weight is 290 g/mol. The summed E-state index contributed by atoms with van der Waals surface area (Å²) in [5.41, 5.74) is 5.55. The Morgan fingerprint density at radius 2 is 1.94 bits per heavy atom. The largest absolute Gasteiger partial charge is 0.392 e. The Morgan fingerprint density at radius 1 is 1.29 bits per heavy atom. The number of thiophene rings is 1. The predicted molar refractivity (Wildman–Crippen MR) is 77.8 cm³/mol. The first-order chi connectivity index (χ1) is 8.13. The molecule has 6 heteroatoms. The zero-order valence-corrected chi connectivity index (χ0v) is 12.0. The van der Waals surface area contributed by atoms with Crippen molar-refractivity contribution in [2.24, 2.45) is 5.73 Å². The molecular weight excluding hydrogens is 274 g/mol. The summed E-state index contributed by atoms with van der Waals surface area (Å²) in [6.07, 6.45) is 0. The SMILES string of the molecule is NC(=S)CN1CCN(Cc2ccc(Cl)s2)CC1. The fourth-order valence-corrected chi connectivity index (χ4v) is 3.30. The molecule has 0 spiro atoms. The van der Waals surface area contributed by atoms with Crippen LogP contribution in [0.1, 0.15) is 4.88 Å². The molecule has 3 nitrogen and oxygen atoms in total. The van der Waals surface area contributed by atoms with Crippen LogP contribution in [0, 0.1) is 0 Å². The van der Waals surface area contributed by atoms with Gasteiger partial charge in [0.25, 0.3) is 0 Å². The zero-order chi connectivity index (χ0) is 12.3. The van der Waals surface area contributed by atoms with Gasteiger partial charge >= 0.3 is 0 Å². The van der Waals surface area contributed by atoms with Crippen molar-refractivity contribution in [2.45, 2.75) is 6.54 Å². The Morgan fingerprint density at radius 3 is 2.47 bits per heavy atom. The number of nitrogens with zero attached hydrogens (tertiary/aromatic N) is 2. The van der Waals surface area contributed by atoms with Gasteiger partial charge in [-0.2, -0.15) is 0 Å². The molecular formula is C11H16ClN3S2. The second-order valence-electron chi connectivity index (χ2n) is 4.22. The lowest BCUT2D eigenvalue weighted by Gasteiger charge is -2.34. The van der Waals surface area contributed by atoms with Crippen molar-refractivity contribution in [2.75, 3.05) is 32.7 Å². The van der Waals surface area contributed by atoms with Crippen molar-refractivity contribution >= 4 is 40.1 Å². The lowest BCUT2D eigenvalue weighted by molar-refractivity contribution is 0.141. The van der Waals surface area contributed by atoms with Crippen LogP contribution in [-0.4, -0.2) is 47.5 Å². The number of thiocarbonyl (C=S) groups is 1. The van der Waals surface area contributed by atoms with Crippen molar-refractivity contribution in [1.82, 2.24) is 9.80 Å². The van der Waals surface area contributed by atoms with E-state index in [4.69, 9.17) is 29.6 Å². The van der Waals surface area contributed by atoms with E-state index in [1.54, 1.807) is 11.3 Å². The first-order valence-electron chi connectivity index (χ1n) is 5.61.